The van der Waals surface area contributed by atoms with Crippen molar-refractivity contribution in [3.05, 3.63) is 29.8 Å². The Morgan fingerprint density at radius 3 is 2.52 bits per heavy atom. The normalized spacial score (nSPS) is 11.1. The first-order valence-electron chi connectivity index (χ1n) is 8.16. The highest BCUT2D eigenvalue weighted by molar-refractivity contribution is 5.89. The molecule has 0 radical (unpaired) electrons. The Balaban J connectivity index is 2.75. The first kappa shape index (κ1) is 20.8. The number of rotatable bonds is 8. The molecule has 2 amide bonds. The van der Waals surface area contributed by atoms with Crippen LogP contribution < -0.4 is 5.32 Å². The van der Waals surface area contributed by atoms with Crippen LogP contribution in [0.25, 0.3) is 0 Å². The summed E-state index contributed by atoms with van der Waals surface area (Å²) >= 11 is 0. The summed E-state index contributed by atoms with van der Waals surface area (Å²) in [4.78, 5) is 25.2. The number of hydrogen-bond donors (Lipinski definition) is 1. The van der Waals surface area contributed by atoms with E-state index in [1.807, 2.05) is 6.92 Å². The second-order valence-corrected chi connectivity index (χ2v) is 5.40. The number of benzene rings is 1. The third-order valence-electron chi connectivity index (χ3n) is 3.40. The van der Waals surface area contributed by atoms with Gasteiger partial charge in [-0.05, 0) is 31.5 Å². The molecule has 0 heterocycles. The number of amides is 2. The molecule has 0 saturated carbocycles. The van der Waals surface area contributed by atoms with Crippen molar-refractivity contribution in [3.8, 4) is 0 Å². The van der Waals surface area contributed by atoms with Gasteiger partial charge in [-0.3, -0.25) is 4.79 Å². The second kappa shape index (κ2) is 9.90. The van der Waals surface area contributed by atoms with Crippen LogP contribution in [0.4, 0.5) is 23.7 Å². The molecular weight excluding hydrogens is 337 g/mol. The Bertz CT molecular complexity index is 577. The monoisotopic (exact) mass is 360 g/mol. The third kappa shape index (κ3) is 7.45. The molecule has 0 aliphatic rings. The molecule has 0 atom stereocenters. The standard InChI is InChI=1S/C17H23F3N2O3/c1-3-5-10-22(11-9-15(23)25-4-2)16(24)21-14-8-6-7-13(12-14)17(18,19)20/h6-8,12H,3-5,9-11H2,1-2H3,(H,21,24). The number of alkyl halides is 3. The zero-order chi connectivity index (χ0) is 18.9. The molecule has 0 aromatic heterocycles. The van der Waals surface area contributed by atoms with Gasteiger partial charge in [0, 0.05) is 18.8 Å². The van der Waals surface area contributed by atoms with Crippen LogP contribution in [-0.2, 0) is 15.7 Å². The predicted molar refractivity (Wildman–Crippen MR) is 88.2 cm³/mol. The molecule has 0 saturated heterocycles. The molecule has 0 spiro atoms. The van der Waals surface area contributed by atoms with Gasteiger partial charge in [-0.15, -0.1) is 0 Å². The fraction of sp³-hybridized carbons (Fsp3) is 0.529. The Kier molecular flexibility index (Phi) is 8.24. The Morgan fingerprint density at radius 2 is 1.92 bits per heavy atom. The summed E-state index contributed by atoms with van der Waals surface area (Å²) < 4.78 is 43.0. The molecule has 5 nitrogen and oxygen atoms in total. The molecule has 1 rings (SSSR count). The second-order valence-electron chi connectivity index (χ2n) is 5.40. The molecule has 0 bridgehead atoms. The van der Waals surface area contributed by atoms with E-state index in [4.69, 9.17) is 4.74 Å². The van der Waals surface area contributed by atoms with Crippen molar-refractivity contribution in [2.45, 2.75) is 39.3 Å². The SMILES string of the molecule is CCCCN(CCC(=O)OCC)C(=O)Nc1cccc(C(F)(F)F)c1. The average Bonchev–Trinajstić information content (AvgIpc) is 2.54. The number of hydrogen-bond acceptors (Lipinski definition) is 3. The van der Waals surface area contributed by atoms with Gasteiger partial charge in [-0.1, -0.05) is 19.4 Å². The van der Waals surface area contributed by atoms with Gasteiger partial charge in [0.1, 0.15) is 0 Å². The molecular formula is C17H23F3N2O3. The van der Waals surface area contributed by atoms with Crippen molar-refractivity contribution in [2.75, 3.05) is 25.0 Å². The number of nitrogens with zero attached hydrogens (tertiary/aromatic N) is 1. The first-order chi connectivity index (χ1) is 11.8. The van der Waals surface area contributed by atoms with E-state index in [2.05, 4.69) is 5.32 Å². The average molecular weight is 360 g/mol. The highest BCUT2D eigenvalue weighted by Gasteiger charge is 2.30. The van der Waals surface area contributed by atoms with Crippen molar-refractivity contribution in [1.82, 2.24) is 4.90 Å². The van der Waals surface area contributed by atoms with E-state index in [0.717, 1.165) is 25.0 Å². The van der Waals surface area contributed by atoms with Gasteiger partial charge in [0.15, 0.2) is 0 Å². The molecule has 140 valence electrons. The lowest BCUT2D eigenvalue weighted by Crippen LogP contribution is -2.37. The molecule has 0 aliphatic carbocycles. The van der Waals surface area contributed by atoms with Crippen LogP contribution in [0.5, 0.6) is 0 Å². The summed E-state index contributed by atoms with van der Waals surface area (Å²) in [5.74, 6) is -0.420. The van der Waals surface area contributed by atoms with Crippen LogP contribution in [0.15, 0.2) is 24.3 Å². The summed E-state index contributed by atoms with van der Waals surface area (Å²) in [5, 5.41) is 2.45. The third-order valence-corrected chi connectivity index (χ3v) is 3.40. The maximum atomic E-state index is 12.7. The summed E-state index contributed by atoms with van der Waals surface area (Å²) in [6.07, 6.45) is -2.88. The highest BCUT2D eigenvalue weighted by Crippen LogP contribution is 2.30. The highest BCUT2D eigenvalue weighted by atomic mass is 19.4. The lowest BCUT2D eigenvalue weighted by atomic mass is 10.2. The number of halogens is 3. The largest absolute Gasteiger partial charge is 0.466 e. The number of urea groups is 1. The van der Waals surface area contributed by atoms with Gasteiger partial charge >= 0.3 is 18.2 Å². The number of unbranched alkanes of at least 4 members (excludes halogenated alkanes) is 1. The van der Waals surface area contributed by atoms with Gasteiger partial charge in [0.2, 0.25) is 0 Å². The zero-order valence-electron chi connectivity index (χ0n) is 14.4. The summed E-state index contributed by atoms with van der Waals surface area (Å²) in [6.45, 7) is 4.44. The molecule has 0 aliphatic heterocycles. The van der Waals surface area contributed by atoms with Gasteiger partial charge in [0.05, 0.1) is 18.6 Å². The first-order valence-corrected chi connectivity index (χ1v) is 8.16. The molecule has 8 heteroatoms. The molecule has 0 unspecified atom stereocenters. The number of anilines is 1. The smallest absolute Gasteiger partial charge is 0.416 e. The van der Waals surface area contributed by atoms with Crippen molar-refractivity contribution in [1.29, 1.82) is 0 Å². The summed E-state index contributed by atoms with van der Waals surface area (Å²) in [5.41, 5.74) is -0.783. The quantitative estimate of drug-likeness (QED) is 0.704. The minimum Gasteiger partial charge on any atom is -0.466 e. The van der Waals surface area contributed by atoms with Gasteiger partial charge in [0.25, 0.3) is 0 Å². The van der Waals surface area contributed by atoms with Gasteiger partial charge in [-0.25, -0.2) is 4.79 Å². The van der Waals surface area contributed by atoms with E-state index in [-0.39, 0.29) is 25.3 Å². The number of carbonyl (C=O) groups is 2. The Morgan fingerprint density at radius 1 is 1.20 bits per heavy atom. The van der Waals surface area contributed by atoms with Crippen LogP contribution in [0.1, 0.15) is 38.7 Å². The zero-order valence-corrected chi connectivity index (χ0v) is 14.4. The number of carbonyl (C=O) groups excluding carboxylic acids is 2. The Hall–Kier alpha value is -2.25. The lowest BCUT2D eigenvalue weighted by molar-refractivity contribution is -0.143. The summed E-state index contributed by atoms with van der Waals surface area (Å²) in [7, 11) is 0. The van der Waals surface area contributed by atoms with E-state index in [0.29, 0.717) is 6.54 Å². The minimum atomic E-state index is -4.48. The van der Waals surface area contributed by atoms with Crippen molar-refractivity contribution in [3.63, 3.8) is 0 Å². The maximum Gasteiger partial charge on any atom is 0.416 e. The molecule has 0 fully saturated rings. The summed E-state index contributed by atoms with van der Waals surface area (Å²) in [6, 6.07) is 3.88. The van der Waals surface area contributed by atoms with Crippen LogP contribution in [0.2, 0.25) is 0 Å². The minimum absolute atomic E-state index is 0.0353. The topological polar surface area (TPSA) is 58.6 Å². The number of esters is 1. The van der Waals surface area contributed by atoms with Crippen LogP contribution in [0, 0.1) is 0 Å². The van der Waals surface area contributed by atoms with Crippen LogP contribution in [0.3, 0.4) is 0 Å². The number of ether oxygens (including phenoxy) is 1. The van der Waals surface area contributed by atoms with E-state index in [1.165, 1.54) is 17.0 Å². The fourth-order valence-corrected chi connectivity index (χ4v) is 2.10. The van der Waals surface area contributed by atoms with Crippen molar-refractivity contribution >= 4 is 17.7 Å². The van der Waals surface area contributed by atoms with E-state index in [1.54, 1.807) is 6.92 Å². The predicted octanol–water partition coefficient (Wildman–Crippen LogP) is 4.29. The molecule has 25 heavy (non-hydrogen) atoms. The van der Waals surface area contributed by atoms with E-state index in [9.17, 15) is 22.8 Å². The van der Waals surface area contributed by atoms with E-state index < -0.39 is 23.7 Å². The molecule has 1 N–H and O–H groups in total. The van der Waals surface area contributed by atoms with Crippen molar-refractivity contribution in [2.24, 2.45) is 0 Å². The lowest BCUT2D eigenvalue weighted by Gasteiger charge is -2.23. The Labute approximate surface area is 145 Å². The maximum absolute atomic E-state index is 12.7. The van der Waals surface area contributed by atoms with Crippen LogP contribution in [-0.4, -0.2) is 36.6 Å². The van der Waals surface area contributed by atoms with Crippen LogP contribution >= 0.6 is 0 Å². The van der Waals surface area contributed by atoms with E-state index >= 15 is 0 Å². The van der Waals surface area contributed by atoms with Crippen molar-refractivity contribution < 1.29 is 27.5 Å². The molecule has 1 aromatic rings. The number of nitrogens with one attached hydrogen (secondary N) is 1. The molecule has 1 aromatic carbocycles. The van der Waals surface area contributed by atoms with Gasteiger partial charge in [-0.2, -0.15) is 13.2 Å². The fourth-order valence-electron chi connectivity index (χ4n) is 2.10. The van der Waals surface area contributed by atoms with Gasteiger partial charge < -0.3 is 15.0 Å².